The van der Waals surface area contributed by atoms with Crippen LogP contribution in [0.25, 0.3) is 0 Å². The molecule has 20 heavy (non-hydrogen) atoms. The van der Waals surface area contributed by atoms with Crippen LogP contribution in [0.1, 0.15) is 51.9 Å². The molecule has 1 aromatic heterocycles. The Kier molecular flexibility index (Phi) is 4.16. The molecule has 0 radical (unpaired) electrons. The number of aromatic nitrogens is 1. The van der Waals surface area contributed by atoms with Crippen LogP contribution in [0.2, 0.25) is 0 Å². The Bertz CT molecular complexity index is 533. The highest BCUT2D eigenvalue weighted by molar-refractivity contribution is 6.00. The van der Waals surface area contributed by atoms with Crippen LogP contribution < -0.4 is 0 Å². The van der Waals surface area contributed by atoms with E-state index < -0.39 is 5.97 Å². The van der Waals surface area contributed by atoms with Crippen LogP contribution in [0.4, 0.5) is 0 Å². The Morgan fingerprint density at radius 3 is 2.65 bits per heavy atom. The van der Waals surface area contributed by atoms with Gasteiger partial charge in [0.05, 0.1) is 12.7 Å². The van der Waals surface area contributed by atoms with Crippen LogP contribution in [0.5, 0.6) is 0 Å². The zero-order chi connectivity index (χ0) is 14.9. The summed E-state index contributed by atoms with van der Waals surface area (Å²) >= 11 is 0. The van der Waals surface area contributed by atoms with Gasteiger partial charge in [0, 0.05) is 18.8 Å². The minimum absolute atomic E-state index is 0.0210. The number of nitrogens with zero attached hydrogens (tertiary/aromatic N) is 1. The summed E-state index contributed by atoms with van der Waals surface area (Å²) in [5, 5.41) is 0. The number of aryl methyl sites for hydroxylation is 1. The largest absolute Gasteiger partial charge is 0.465 e. The number of hydrogen-bond donors (Lipinski definition) is 1. The zero-order valence-corrected chi connectivity index (χ0v) is 12.6. The van der Waals surface area contributed by atoms with Crippen LogP contribution in [0.15, 0.2) is 0 Å². The molecule has 0 aromatic carbocycles. The fourth-order valence-corrected chi connectivity index (χ4v) is 2.90. The SMILES string of the molecule is COC(=O)c1c(C)[nH]c(C(=O)N2CCC[C@H](C)C2)c1C. The summed E-state index contributed by atoms with van der Waals surface area (Å²) in [6, 6.07) is 0. The van der Waals surface area contributed by atoms with Gasteiger partial charge in [-0.15, -0.1) is 0 Å². The molecule has 1 atom stereocenters. The highest BCUT2D eigenvalue weighted by Crippen LogP contribution is 2.23. The first-order chi connectivity index (χ1) is 9.45. The summed E-state index contributed by atoms with van der Waals surface area (Å²) in [6.07, 6.45) is 2.20. The van der Waals surface area contributed by atoms with E-state index in [-0.39, 0.29) is 5.91 Å². The van der Waals surface area contributed by atoms with Gasteiger partial charge in [-0.25, -0.2) is 4.79 Å². The van der Waals surface area contributed by atoms with E-state index in [1.807, 2.05) is 4.90 Å². The van der Waals surface area contributed by atoms with Crippen molar-refractivity contribution >= 4 is 11.9 Å². The fraction of sp³-hybridized carbons (Fsp3) is 0.600. The summed E-state index contributed by atoms with van der Waals surface area (Å²) in [4.78, 5) is 29.3. The van der Waals surface area contributed by atoms with Gasteiger partial charge in [0.25, 0.3) is 5.91 Å². The smallest absolute Gasteiger partial charge is 0.339 e. The molecule has 0 aliphatic carbocycles. The summed E-state index contributed by atoms with van der Waals surface area (Å²) in [5.74, 6) is 0.110. The quantitative estimate of drug-likeness (QED) is 0.844. The van der Waals surface area contributed by atoms with E-state index in [0.29, 0.717) is 28.4 Å². The number of piperidine rings is 1. The van der Waals surface area contributed by atoms with E-state index in [1.54, 1.807) is 13.8 Å². The van der Waals surface area contributed by atoms with Gasteiger partial charge in [-0.2, -0.15) is 0 Å². The topological polar surface area (TPSA) is 62.4 Å². The Labute approximate surface area is 119 Å². The van der Waals surface area contributed by atoms with Crippen molar-refractivity contribution < 1.29 is 14.3 Å². The van der Waals surface area contributed by atoms with Gasteiger partial charge in [-0.1, -0.05) is 6.92 Å². The van der Waals surface area contributed by atoms with Gasteiger partial charge in [0.1, 0.15) is 5.69 Å². The number of nitrogens with one attached hydrogen (secondary N) is 1. The molecule has 1 aliphatic rings. The molecule has 2 rings (SSSR count). The van der Waals surface area contributed by atoms with E-state index in [2.05, 4.69) is 11.9 Å². The van der Waals surface area contributed by atoms with Crippen molar-refractivity contribution in [1.29, 1.82) is 0 Å². The summed E-state index contributed by atoms with van der Waals surface area (Å²) in [5.41, 5.74) is 2.35. The summed E-state index contributed by atoms with van der Waals surface area (Å²) < 4.78 is 4.77. The average molecular weight is 278 g/mol. The highest BCUT2D eigenvalue weighted by atomic mass is 16.5. The standard InChI is InChI=1S/C15H22N2O3/c1-9-6-5-7-17(8-9)14(18)13-10(2)12(11(3)16-13)15(19)20-4/h9,16H,5-8H2,1-4H3/t9-/m0/s1. The number of esters is 1. The molecule has 0 bridgehead atoms. The molecule has 5 heteroatoms. The molecule has 1 aliphatic heterocycles. The lowest BCUT2D eigenvalue weighted by Gasteiger charge is -2.30. The lowest BCUT2D eigenvalue weighted by Crippen LogP contribution is -2.39. The molecular weight excluding hydrogens is 256 g/mol. The van der Waals surface area contributed by atoms with Crippen LogP contribution in [0.3, 0.4) is 0 Å². The van der Waals surface area contributed by atoms with Crippen molar-refractivity contribution in [3.05, 3.63) is 22.5 Å². The van der Waals surface area contributed by atoms with Gasteiger partial charge >= 0.3 is 5.97 Å². The van der Waals surface area contributed by atoms with Crippen LogP contribution in [0, 0.1) is 19.8 Å². The minimum Gasteiger partial charge on any atom is -0.465 e. The van der Waals surface area contributed by atoms with E-state index in [9.17, 15) is 9.59 Å². The van der Waals surface area contributed by atoms with Crippen LogP contribution >= 0.6 is 0 Å². The van der Waals surface area contributed by atoms with Crippen molar-refractivity contribution in [3.63, 3.8) is 0 Å². The van der Waals surface area contributed by atoms with Crippen molar-refractivity contribution in [2.75, 3.05) is 20.2 Å². The number of methoxy groups -OCH3 is 1. The van der Waals surface area contributed by atoms with Crippen LogP contribution in [-0.4, -0.2) is 42.0 Å². The Hall–Kier alpha value is -1.78. The number of ether oxygens (including phenoxy) is 1. The molecule has 5 nitrogen and oxygen atoms in total. The summed E-state index contributed by atoms with van der Waals surface area (Å²) in [7, 11) is 1.35. The second-order valence-electron chi connectivity index (χ2n) is 5.62. The highest BCUT2D eigenvalue weighted by Gasteiger charge is 2.27. The molecule has 2 heterocycles. The van der Waals surface area contributed by atoms with Gasteiger partial charge in [0.15, 0.2) is 0 Å². The van der Waals surface area contributed by atoms with Gasteiger partial charge in [-0.05, 0) is 38.2 Å². The Morgan fingerprint density at radius 2 is 2.05 bits per heavy atom. The minimum atomic E-state index is -0.401. The first-order valence-electron chi connectivity index (χ1n) is 7.02. The zero-order valence-electron chi connectivity index (χ0n) is 12.6. The number of hydrogen-bond acceptors (Lipinski definition) is 3. The fourth-order valence-electron chi connectivity index (χ4n) is 2.90. The first-order valence-corrected chi connectivity index (χ1v) is 7.02. The van der Waals surface area contributed by atoms with Crippen LogP contribution in [-0.2, 0) is 4.74 Å². The molecular formula is C15H22N2O3. The molecule has 1 amide bonds. The molecule has 0 saturated carbocycles. The number of carbonyl (C=O) groups excluding carboxylic acids is 2. The van der Waals surface area contributed by atoms with E-state index >= 15 is 0 Å². The number of H-pyrrole nitrogens is 1. The van der Waals surface area contributed by atoms with Gasteiger partial charge < -0.3 is 14.6 Å². The maximum Gasteiger partial charge on any atom is 0.339 e. The molecule has 0 spiro atoms. The number of likely N-dealkylation sites (tertiary alicyclic amines) is 1. The molecule has 1 aromatic rings. The Morgan fingerprint density at radius 1 is 1.35 bits per heavy atom. The number of rotatable bonds is 2. The predicted octanol–water partition coefficient (Wildman–Crippen LogP) is 2.29. The maximum absolute atomic E-state index is 12.6. The molecule has 110 valence electrons. The lowest BCUT2D eigenvalue weighted by atomic mass is 9.99. The second kappa shape index (κ2) is 5.69. The number of carbonyl (C=O) groups is 2. The molecule has 0 unspecified atom stereocenters. The van der Waals surface area contributed by atoms with Crippen molar-refractivity contribution in [2.45, 2.75) is 33.6 Å². The second-order valence-corrected chi connectivity index (χ2v) is 5.62. The number of aromatic amines is 1. The lowest BCUT2D eigenvalue weighted by molar-refractivity contribution is 0.0599. The molecule has 1 fully saturated rings. The van der Waals surface area contributed by atoms with E-state index in [0.717, 1.165) is 19.5 Å². The monoisotopic (exact) mass is 278 g/mol. The van der Waals surface area contributed by atoms with Gasteiger partial charge in [0.2, 0.25) is 0 Å². The maximum atomic E-state index is 12.6. The van der Waals surface area contributed by atoms with Gasteiger partial charge in [-0.3, -0.25) is 4.79 Å². The third kappa shape index (κ3) is 2.57. The normalized spacial score (nSPS) is 19.0. The van der Waals surface area contributed by atoms with E-state index in [4.69, 9.17) is 4.74 Å². The third-order valence-corrected chi connectivity index (χ3v) is 3.99. The number of amides is 1. The molecule has 1 saturated heterocycles. The first kappa shape index (κ1) is 14.6. The predicted molar refractivity (Wildman–Crippen MR) is 75.9 cm³/mol. The van der Waals surface area contributed by atoms with E-state index in [1.165, 1.54) is 13.5 Å². The molecule has 1 N–H and O–H groups in total. The Balaban J connectivity index is 2.29. The van der Waals surface area contributed by atoms with Crippen molar-refractivity contribution in [3.8, 4) is 0 Å². The third-order valence-electron chi connectivity index (χ3n) is 3.99. The van der Waals surface area contributed by atoms with Crippen molar-refractivity contribution in [2.24, 2.45) is 5.92 Å². The summed E-state index contributed by atoms with van der Waals surface area (Å²) in [6.45, 7) is 7.30. The van der Waals surface area contributed by atoms with Crippen molar-refractivity contribution in [1.82, 2.24) is 9.88 Å². The average Bonchev–Trinajstić information content (AvgIpc) is 2.72.